The van der Waals surface area contributed by atoms with Crippen LogP contribution in [0.4, 0.5) is 0 Å². The summed E-state index contributed by atoms with van der Waals surface area (Å²) in [6.45, 7) is 4.65. The molecule has 148 valence electrons. The maximum atomic E-state index is 12.7. The normalized spacial score (nSPS) is 16.7. The van der Waals surface area contributed by atoms with Crippen LogP contribution in [0.2, 0.25) is 0 Å². The fraction of sp³-hybridized carbons (Fsp3) is 0.526. The first-order chi connectivity index (χ1) is 12.7. The molecule has 3 rings (SSSR count). The maximum Gasteiger partial charge on any atom is 0.340 e. The van der Waals surface area contributed by atoms with E-state index in [1.165, 1.54) is 0 Å². The Morgan fingerprint density at radius 1 is 1.30 bits per heavy atom. The van der Waals surface area contributed by atoms with Gasteiger partial charge in [-0.1, -0.05) is 11.6 Å². The first-order valence-electron chi connectivity index (χ1n) is 9.16. The van der Waals surface area contributed by atoms with E-state index in [-0.39, 0.29) is 12.1 Å². The molecule has 7 nitrogen and oxygen atoms in total. The molecule has 8 heteroatoms. The standard InChI is InChI=1S/C19H27N3O4S/c1-14-4-5-18-16(12-14)17(13-21(18)2)19(23)26-15-6-9-22(10-7-15)11-8-20-27(3,24)25/h4-5,12-13,15,20H,6-11H2,1-3H3. The Morgan fingerprint density at radius 3 is 2.67 bits per heavy atom. The van der Waals surface area contributed by atoms with Crippen molar-refractivity contribution < 1.29 is 17.9 Å². The first kappa shape index (κ1) is 19.9. The van der Waals surface area contributed by atoms with E-state index in [4.69, 9.17) is 4.74 Å². The number of fused-ring (bicyclic) bond motifs is 1. The number of aryl methyl sites for hydroxylation is 2. The molecule has 2 heterocycles. The quantitative estimate of drug-likeness (QED) is 0.755. The first-order valence-corrected chi connectivity index (χ1v) is 11.1. The van der Waals surface area contributed by atoms with Gasteiger partial charge in [-0.25, -0.2) is 17.9 Å². The van der Waals surface area contributed by atoms with E-state index >= 15 is 0 Å². The van der Waals surface area contributed by atoms with E-state index in [1.54, 1.807) is 0 Å². The van der Waals surface area contributed by atoms with Crippen LogP contribution in [0, 0.1) is 6.92 Å². The van der Waals surface area contributed by atoms with E-state index < -0.39 is 10.0 Å². The molecule has 0 spiro atoms. The van der Waals surface area contributed by atoms with Crippen LogP contribution in [0.3, 0.4) is 0 Å². The van der Waals surface area contributed by atoms with Gasteiger partial charge >= 0.3 is 5.97 Å². The topological polar surface area (TPSA) is 80.6 Å². The molecule has 0 unspecified atom stereocenters. The third-order valence-electron chi connectivity index (χ3n) is 4.97. The highest BCUT2D eigenvalue weighted by Gasteiger charge is 2.24. The molecule has 2 aromatic rings. The number of benzene rings is 1. The summed E-state index contributed by atoms with van der Waals surface area (Å²) in [5.41, 5.74) is 2.73. The van der Waals surface area contributed by atoms with Crippen molar-refractivity contribution in [3.63, 3.8) is 0 Å². The number of nitrogens with zero attached hydrogens (tertiary/aromatic N) is 2. The Labute approximate surface area is 160 Å². The second-order valence-corrected chi connectivity index (χ2v) is 9.12. The van der Waals surface area contributed by atoms with Gasteiger partial charge in [0.25, 0.3) is 0 Å². The Balaban J connectivity index is 1.55. The second kappa shape index (κ2) is 8.00. The summed E-state index contributed by atoms with van der Waals surface area (Å²) in [5, 5.41) is 0.923. The van der Waals surface area contributed by atoms with Crippen LogP contribution in [-0.2, 0) is 21.8 Å². The van der Waals surface area contributed by atoms with Crippen LogP contribution in [0.5, 0.6) is 0 Å². The molecule has 1 aromatic carbocycles. The molecule has 0 amide bonds. The minimum atomic E-state index is -3.15. The van der Waals surface area contributed by atoms with Crippen LogP contribution in [0.25, 0.3) is 10.9 Å². The molecule has 1 aliphatic rings. The van der Waals surface area contributed by atoms with Gasteiger partial charge in [-0.3, -0.25) is 0 Å². The number of esters is 1. The number of piperidine rings is 1. The average Bonchev–Trinajstić information content (AvgIpc) is 2.91. The zero-order chi connectivity index (χ0) is 19.6. The van der Waals surface area contributed by atoms with Crippen molar-refractivity contribution in [1.82, 2.24) is 14.2 Å². The highest BCUT2D eigenvalue weighted by atomic mass is 32.2. The van der Waals surface area contributed by atoms with Crippen molar-refractivity contribution in [3.8, 4) is 0 Å². The van der Waals surface area contributed by atoms with Crippen molar-refractivity contribution in [2.75, 3.05) is 32.4 Å². The summed E-state index contributed by atoms with van der Waals surface area (Å²) >= 11 is 0. The Kier molecular flexibility index (Phi) is 5.88. The van der Waals surface area contributed by atoms with Crippen molar-refractivity contribution in [2.45, 2.75) is 25.9 Å². The molecular weight excluding hydrogens is 366 g/mol. The van der Waals surface area contributed by atoms with Gasteiger partial charge in [0.15, 0.2) is 0 Å². The molecule has 0 atom stereocenters. The summed E-state index contributed by atoms with van der Waals surface area (Å²) in [4.78, 5) is 14.9. The van der Waals surface area contributed by atoms with Gasteiger partial charge in [0, 0.05) is 50.3 Å². The molecule has 0 bridgehead atoms. The number of sulfonamides is 1. The van der Waals surface area contributed by atoms with Gasteiger partial charge in [0.2, 0.25) is 10.0 Å². The van der Waals surface area contributed by atoms with Crippen molar-refractivity contribution in [3.05, 3.63) is 35.5 Å². The summed E-state index contributed by atoms with van der Waals surface area (Å²) in [6, 6.07) is 6.07. The van der Waals surface area contributed by atoms with Crippen LogP contribution in [-0.4, -0.2) is 62.4 Å². The monoisotopic (exact) mass is 393 g/mol. The fourth-order valence-electron chi connectivity index (χ4n) is 3.52. The molecule has 0 aliphatic carbocycles. The van der Waals surface area contributed by atoms with Crippen molar-refractivity contribution >= 4 is 26.9 Å². The Bertz CT molecular complexity index is 928. The lowest BCUT2D eigenvalue weighted by Gasteiger charge is -2.31. The molecule has 0 saturated carbocycles. The largest absolute Gasteiger partial charge is 0.459 e. The van der Waals surface area contributed by atoms with E-state index in [9.17, 15) is 13.2 Å². The predicted molar refractivity (Wildman–Crippen MR) is 105 cm³/mol. The number of likely N-dealkylation sites (tertiary alicyclic amines) is 1. The minimum Gasteiger partial charge on any atom is -0.459 e. The van der Waals surface area contributed by atoms with Gasteiger partial charge in [-0.2, -0.15) is 0 Å². The molecule has 27 heavy (non-hydrogen) atoms. The number of nitrogens with one attached hydrogen (secondary N) is 1. The lowest BCUT2D eigenvalue weighted by molar-refractivity contribution is 0.0118. The van der Waals surface area contributed by atoms with Gasteiger partial charge in [0.1, 0.15) is 6.10 Å². The number of carbonyl (C=O) groups excluding carboxylic acids is 1. The van der Waals surface area contributed by atoms with Gasteiger partial charge in [0.05, 0.1) is 11.8 Å². The third-order valence-corrected chi connectivity index (χ3v) is 5.69. The number of hydrogen-bond donors (Lipinski definition) is 1. The zero-order valence-electron chi connectivity index (χ0n) is 16.1. The van der Waals surface area contributed by atoms with Crippen molar-refractivity contribution in [1.29, 1.82) is 0 Å². The van der Waals surface area contributed by atoms with Gasteiger partial charge in [-0.05, 0) is 31.9 Å². The predicted octanol–water partition coefficient (Wildman–Crippen LogP) is 1.66. The number of hydrogen-bond acceptors (Lipinski definition) is 5. The lowest BCUT2D eigenvalue weighted by Crippen LogP contribution is -2.41. The second-order valence-electron chi connectivity index (χ2n) is 7.29. The summed E-state index contributed by atoms with van der Waals surface area (Å²) < 4.78 is 32.4. The van der Waals surface area contributed by atoms with Crippen LogP contribution >= 0.6 is 0 Å². The van der Waals surface area contributed by atoms with Crippen LogP contribution in [0.1, 0.15) is 28.8 Å². The lowest BCUT2D eigenvalue weighted by atomic mass is 10.1. The molecule has 1 aromatic heterocycles. The highest BCUT2D eigenvalue weighted by Crippen LogP contribution is 2.24. The summed E-state index contributed by atoms with van der Waals surface area (Å²) in [5.74, 6) is -0.275. The number of aromatic nitrogens is 1. The molecule has 1 N–H and O–H groups in total. The highest BCUT2D eigenvalue weighted by molar-refractivity contribution is 7.88. The molecule has 1 saturated heterocycles. The Hall–Kier alpha value is -1.90. The van der Waals surface area contributed by atoms with Crippen molar-refractivity contribution in [2.24, 2.45) is 7.05 Å². The van der Waals surface area contributed by atoms with E-state index in [1.807, 2.05) is 42.9 Å². The molecule has 0 radical (unpaired) electrons. The van der Waals surface area contributed by atoms with Gasteiger partial charge in [-0.15, -0.1) is 0 Å². The number of carbonyl (C=O) groups is 1. The fourth-order valence-corrected chi connectivity index (χ4v) is 3.99. The SMILES string of the molecule is Cc1ccc2c(c1)c(C(=O)OC1CCN(CCNS(C)(=O)=O)CC1)cn2C. The number of rotatable bonds is 6. The molecule has 1 fully saturated rings. The zero-order valence-corrected chi connectivity index (χ0v) is 16.9. The summed E-state index contributed by atoms with van der Waals surface area (Å²) in [7, 11) is -1.22. The molecular formula is C19H27N3O4S. The third kappa shape index (κ3) is 5.09. The van der Waals surface area contributed by atoms with Crippen LogP contribution in [0.15, 0.2) is 24.4 Å². The van der Waals surface area contributed by atoms with E-state index in [0.717, 1.165) is 48.7 Å². The minimum absolute atomic E-state index is 0.100. The average molecular weight is 394 g/mol. The van der Waals surface area contributed by atoms with E-state index in [0.29, 0.717) is 18.7 Å². The van der Waals surface area contributed by atoms with E-state index in [2.05, 4.69) is 9.62 Å². The summed E-state index contributed by atoms with van der Waals surface area (Å²) in [6.07, 6.45) is 4.41. The smallest absolute Gasteiger partial charge is 0.340 e. The Morgan fingerprint density at radius 2 is 2.00 bits per heavy atom. The maximum absolute atomic E-state index is 12.7. The molecule has 1 aliphatic heterocycles. The van der Waals surface area contributed by atoms with Crippen LogP contribution < -0.4 is 4.72 Å². The van der Waals surface area contributed by atoms with Gasteiger partial charge < -0.3 is 14.2 Å². The number of ether oxygens (including phenoxy) is 1.